The van der Waals surface area contributed by atoms with E-state index in [2.05, 4.69) is 73.8 Å². The van der Waals surface area contributed by atoms with E-state index >= 15 is 0 Å². The molecule has 0 spiro atoms. The van der Waals surface area contributed by atoms with Crippen LogP contribution in [-0.2, 0) is 0 Å². The van der Waals surface area contributed by atoms with Crippen LogP contribution in [0.4, 0.5) is 5.69 Å². The van der Waals surface area contributed by atoms with Gasteiger partial charge in [-0.05, 0) is 49.9 Å². The summed E-state index contributed by atoms with van der Waals surface area (Å²) in [5.41, 5.74) is 8.06. The van der Waals surface area contributed by atoms with Gasteiger partial charge in [-0.2, -0.15) is 5.10 Å². The van der Waals surface area contributed by atoms with Crippen molar-refractivity contribution in [3.05, 3.63) is 42.1 Å². The molecule has 3 N–H and O–H groups in total. The molecule has 0 amide bonds. The number of H-pyrrole nitrogens is 2. The molecule has 0 bridgehead atoms. The van der Waals surface area contributed by atoms with Crippen LogP contribution in [0, 0.1) is 0 Å². The first-order valence-corrected chi connectivity index (χ1v) is 10.9. The van der Waals surface area contributed by atoms with Gasteiger partial charge in [0.05, 0.1) is 22.4 Å². The van der Waals surface area contributed by atoms with Gasteiger partial charge in [-0.25, -0.2) is 9.97 Å². The molecule has 0 atom stereocenters. The molecule has 1 saturated heterocycles. The van der Waals surface area contributed by atoms with Crippen molar-refractivity contribution >= 4 is 33.3 Å². The summed E-state index contributed by atoms with van der Waals surface area (Å²) in [6.07, 6.45) is 3.21. The average molecular weight is 415 g/mol. The fourth-order valence-corrected chi connectivity index (χ4v) is 4.53. The number of aromatic amines is 2. The average Bonchev–Trinajstić information content (AvgIpc) is 3.43. The molecule has 2 aliphatic heterocycles. The number of nitrogens with one attached hydrogen (secondary N) is 3. The summed E-state index contributed by atoms with van der Waals surface area (Å²) in [6, 6.07) is 10.5. The van der Waals surface area contributed by atoms with Gasteiger partial charge in [0.1, 0.15) is 11.0 Å². The molecular weight excluding hydrogens is 388 g/mol. The van der Waals surface area contributed by atoms with Crippen molar-refractivity contribution in [3.8, 4) is 11.5 Å². The lowest BCUT2D eigenvalue weighted by Crippen LogP contribution is -2.44. The number of para-hydroxylation sites is 1. The standard InChI is InChI=1S/C23H26N8/c1-30-11-13-31(14-12-30)19-4-2-3-17-20(19)27-23(26-17)22-21-18(28-29-22)6-5-16(25-21)15-7-9-24-10-8-15/h2-7,24H,8-14H2,1H3,(H,26,27)(H,28,29). The highest BCUT2D eigenvalue weighted by Gasteiger charge is 2.20. The Hall–Kier alpha value is -3.23. The maximum absolute atomic E-state index is 4.98. The van der Waals surface area contributed by atoms with Crippen molar-refractivity contribution in [3.63, 3.8) is 0 Å². The lowest BCUT2D eigenvalue weighted by atomic mass is 10.1. The highest BCUT2D eigenvalue weighted by Crippen LogP contribution is 2.31. The molecule has 8 nitrogen and oxygen atoms in total. The van der Waals surface area contributed by atoms with Gasteiger partial charge in [0.25, 0.3) is 0 Å². The molecule has 4 aromatic rings. The number of anilines is 1. The van der Waals surface area contributed by atoms with Crippen LogP contribution in [-0.4, -0.2) is 76.4 Å². The minimum absolute atomic E-state index is 0.756. The van der Waals surface area contributed by atoms with E-state index in [0.717, 1.165) is 85.0 Å². The Morgan fingerprint density at radius 2 is 1.84 bits per heavy atom. The van der Waals surface area contributed by atoms with Crippen LogP contribution in [0.1, 0.15) is 12.1 Å². The highest BCUT2D eigenvalue weighted by molar-refractivity contribution is 5.94. The van der Waals surface area contributed by atoms with E-state index in [1.807, 2.05) is 0 Å². The number of rotatable bonds is 3. The second-order valence-electron chi connectivity index (χ2n) is 8.40. The Morgan fingerprint density at radius 1 is 0.935 bits per heavy atom. The van der Waals surface area contributed by atoms with E-state index in [1.54, 1.807) is 0 Å². The van der Waals surface area contributed by atoms with Crippen LogP contribution < -0.4 is 10.2 Å². The van der Waals surface area contributed by atoms with Gasteiger partial charge in [0, 0.05) is 32.7 Å². The van der Waals surface area contributed by atoms with Crippen LogP contribution in [0.5, 0.6) is 0 Å². The molecule has 0 saturated carbocycles. The molecule has 0 aliphatic carbocycles. The van der Waals surface area contributed by atoms with Crippen molar-refractivity contribution in [2.24, 2.45) is 0 Å². The smallest absolute Gasteiger partial charge is 0.161 e. The van der Waals surface area contributed by atoms with Crippen LogP contribution in [0.15, 0.2) is 36.4 Å². The molecule has 2 aliphatic rings. The van der Waals surface area contributed by atoms with E-state index in [-0.39, 0.29) is 0 Å². The normalized spacial score (nSPS) is 18.1. The molecule has 158 valence electrons. The summed E-state index contributed by atoms with van der Waals surface area (Å²) < 4.78 is 0. The zero-order valence-electron chi connectivity index (χ0n) is 17.6. The largest absolute Gasteiger partial charge is 0.367 e. The first kappa shape index (κ1) is 18.5. The van der Waals surface area contributed by atoms with Gasteiger partial charge in [-0.3, -0.25) is 5.10 Å². The molecule has 5 heterocycles. The van der Waals surface area contributed by atoms with Crippen LogP contribution in [0.2, 0.25) is 0 Å². The Kier molecular flexibility index (Phi) is 4.47. The number of pyridine rings is 1. The quantitative estimate of drug-likeness (QED) is 0.478. The molecule has 6 rings (SSSR count). The third-order valence-electron chi connectivity index (χ3n) is 6.36. The van der Waals surface area contributed by atoms with E-state index in [1.165, 1.54) is 11.3 Å². The minimum atomic E-state index is 0.756. The SMILES string of the molecule is CN1CCN(c2cccc3[nH]c(-c4n[nH]c5ccc(C6=CCNCC6)nc45)nc23)CC1. The number of imidazole rings is 1. The number of hydrogen-bond donors (Lipinski definition) is 3. The fraction of sp³-hybridized carbons (Fsp3) is 0.348. The van der Waals surface area contributed by atoms with E-state index in [9.17, 15) is 0 Å². The van der Waals surface area contributed by atoms with Crippen LogP contribution in [0.25, 0.3) is 39.2 Å². The number of likely N-dealkylation sites (N-methyl/N-ethyl adjacent to an activating group) is 1. The number of fused-ring (bicyclic) bond motifs is 2. The van der Waals surface area contributed by atoms with Gasteiger partial charge in [0.15, 0.2) is 11.5 Å². The van der Waals surface area contributed by atoms with E-state index < -0.39 is 0 Å². The van der Waals surface area contributed by atoms with Crippen molar-refractivity contribution in [1.29, 1.82) is 0 Å². The maximum Gasteiger partial charge on any atom is 0.161 e. The topological polar surface area (TPSA) is 88.8 Å². The maximum atomic E-state index is 4.98. The van der Waals surface area contributed by atoms with Gasteiger partial charge in [0.2, 0.25) is 0 Å². The van der Waals surface area contributed by atoms with Crippen LogP contribution in [0.3, 0.4) is 0 Å². The number of benzene rings is 1. The van der Waals surface area contributed by atoms with Gasteiger partial charge in [-0.15, -0.1) is 0 Å². The minimum Gasteiger partial charge on any atom is -0.367 e. The molecule has 8 heteroatoms. The molecule has 3 aromatic heterocycles. The number of aromatic nitrogens is 5. The predicted molar refractivity (Wildman–Crippen MR) is 124 cm³/mol. The van der Waals surface area contributed by atoms with Crippen molar-refractivity contribution in [1.82, 2.24) is 35.4 Å². The Bertz CT molecular complexity index is 1280. The van der Waals surface area contributed by atoms with Gasteiger partial charge < -0.3 is 20.1 Å². The van der Waals surface area contributed by atoms with Gasteiger partial charge >= 0.3 is 0 Å². The van der Waals surface area contributed by atoms with E-state index in [4.69, 9.17) is 9.97 Å². The lowest BCUT2D eigenvalue weighted by Gasteiger charge is -2.34. The molecule has 1 aromatic carbocycles. The summed E-state index contributed by atoms with van der Waals surface area (Å²) >= 11 is 0. The van der Waals surface area contributed by atoms with Crippen molar-refractivity contribution in [2.75, 3.05) is 51.2 Å². The third kappa shape index (κ3) is 3.28. The van der Waals surface area contributed by atoms with Crippen molar-refractivity contribution < 1.29 is 0 Å². The first-order chi connectivity index (χ1) is 15.3. The summed E-state index contributed by atoms with van der Waals surface area (Å²) in [7, 11) is 2.17. The summed E-state index contributed by atoms with van der Waals surface area (Å²) in [5, 5.41) is 11.0. The molecule has 0 radical (unpaired) electrons. The monoisotopic (exact) mass is 414 g/mol. The van der Waals surface area contributed by atoms with Crippen molar-refractivity contribution in [2.45, 2.75) is 6.42 Å². The fourth-order valence-electron chi connectivity index (χ4n) is 4.53. The lowest BCUT2D eigenvalue weighted by molar-refractivity contribution is 0.313. The molecule has 0 unspecified atom stereocenters. The Balaban J connectivity index is 1.42. The molecule has 31 heavy (non-hydrogen) atoms. The van der Waals surface area contributed by atoms with Crippen LogP contribution >= 0.6 is 0 Å². The second kappa shape index (κ2) is 7.47. The number of nitrogens with zero attached hydrogens (tertiary/aromatic N) is 5. The highest BCUT2D eigenvalue weighted by atomic mass is 15.3. The first-order valence-electron chi connectivity index (χ1n) is 10.9. The number of piperazine rings is 1. The number of hydrogen-bond acceptors (Lipinski definition) is 6. The Labute approximate surface area is 180 Å². The van der Waals surface area contributed by atoms with E-state index in [0.29, 0.717) is 0 Å². The summed E-state index contributed by atoms with van der Waals surface area (Å²) in [6.45, 7) is 6.04. The summed E-state index contributed by atoms with van der Waals surface area (Å²) in [4.78, 5) is 18.2. The predicted octanol–water partition coefficient (Wildman–Crippen LogP) is 2.63. The summed E-state index contributed by atoms with van der Waals surface area (Å²) in [5.74, 6) is 0.756. The third-order valence-corrected chi connectivity index (χ3v) is 6.36. The molecular formula is C23H26N8. The van der Waals surface area contributed by atoms with Gasteiger partial charge in [-0.1, -0.05) is 12.1 Å². The zero-order valence-corrected chi connectivity index (χ0v) is 17.6. The Morgan fingerprint density at radius 3 is 2.68 bits per heavy atom. The molecule has 1 fully saturated rings. The zero-order chi connectivity index (χ0) is 20.8. The second-order valence-corrected chi connectivity index (χ2v) is 8.40.